The van der Waals surface area contributed by atoms with Gasteiger partial charge in [0.2, 0.25) is 5.78 Å². The van der Waals surface area contributed by atoms with Crippen molar-refractivity contribution in [2.75, 3.05) is 6.61 Å². The number of amides is 1. The molecule has 1 heterocycles. The Labute approximate surface area is 162 Å². The molecule has 0 atom stereocenters. The first-order valence-electron chi connectivity index (χ1n) is 8.55. The number of hydrogen-bond donors (Lipinski definition) is 2. The number of primary amides is 1. The fraction of sp³-hybridized carbons (Fsp3) is 0.190. The number of aromatic nitrogens is 1. The Kier molecular flexibility index (Phi) is 6.92. The Morgan fingerprint density at radius 3 is 2.39 bits per heavy atom. The lowest BCUT2D eigenvalue weighted by Crippen LogP contribution is -2.24. The van der Waals surface area contributed by atoms with Crippen LogP contribution in [-0.4, -0.2) is 33.9 Å². The summed E-state index contributed by atoms with van der Waals surface area (Å²) >= 11 is 0. The summed E-state index contributed by atoms with van der Waals surface area (Å²) in [6, 6.07) is 14.2. The highest BCUT2D eigenvalue weighted by Crippen LogP contribution is 2.19. The zero-order valence-electron chi connectivity index (χ0n) is 15.7. The van der Waals surface area contributed by atoms with Crippen LogP contribution in [-0.2, 0) is 23.1 Å². The lowest BCUT2D eigenvalue weighted by atomic mass is 10.00. The number of Topliss-reactive ketones (excluding diaryl/α,β-unsaturated/α-hetero) is 1. The number of aryl methyl sites for hydroxylation is 1. The average molecular weight is 382 g/mol. The van der Waals surface area contributed by atoms with E-state index in [-0.39, 0.29) is 11.3 Å². The minimum absolute atomic E-state index is 0.0608. The third kappa shape index (κ3) is 5.44. The van der Waals surface area contributed by atoms with Gasteiger partial charge in [0.15, 0.2) is 6.61 Å². The lowest BCUT2D eigenvalue weighted by molar-refractivity contribution is -0.139. The highest BCUT2D eigenvalue weighted by atomic mass is 16.5. The summed E-state index contributed by atoms with van der Waals surface area (Å²) in [7, 11) is 1.82. The van der Waals surface area contributed by atoms with Gasteiger partial charge in [-0.1, -0.05) is 30.3 Å². The number of aliphatic carboxylic acids is 1. The van der Waals surface area contributed by atoms with Crippen LogP contribution in [0.5, 0.6) is 5.75 Å². The van der Waals surface area contributed by atoms with Crippen LogP contribution >= 0.6 is 0 Å². The number of ketones is 1. The highest BCUT2D eigenvalue weighted by molar-refractivity contribution is 6.42. The van der Waals surface area contributed by atoms with Gasteiger partial charge in [0.1, 0.15) is 5.75 Å². The van der Waals surface area contributed by atoms with Gasteiger partial charge in [-0.2, -0.15) is 0 Å². The molecule has 0 radical (unpaired) electrons. The van der Waals surface area contributed by atoms with Crippen LogP contribution in [0.4, 0.5) is 0 Å². The molecule has 0 aliphatic rings. The minimum atomic E-state index is -1.16. The second-order valence-corrected chi connectivity index (χ2v) is 6.19. The normalized spacial score (nSPS) is 10.1. The van der Waals surface area contributed by atoms with Gasteiger partial charge in [0.05, 0.1) is 0 Å². The molecule has 0 unspecified atom stereocenters. The van der Waals surface area contributed by atoms with Gasteiger partial charge in [-0.05, 0) is 36.2 Å². The second-order valence-electron chi connectivity index (χ2n) is 6.19. The number of hydrogen-bond acceptors (Lipinski definition) is 4. The summed E-state index contributed by atoms with van der Waals surface area (Å²) in [5, 5.41) is 8.84. The minimum Gasteiger partial charge on any atom is -0.482 e. The Bertz CT molecular complexity index is 947. The summed E-state index contributed by atoms with van der Waals surface area (Å²) in [4.78, 5) is 34.8. The van der Waals surface area contributed by atoms with Crippen LogP contribution in [0.3, 0.4) is 0 Å². The third-order valence-corrected chi connectivity index (χ3v) is 4.16. The number of benzene rings is 1. The maximum Gasteiger partial charge on any atom is 0.341 e. The summed E-state index contributed by atoms with van der Waals surface area (Å²) < 4.78 is 7.06. The Morgan fingerprint density at radius 2 is 1.79 bits per heavy atom. The van der Waals surface area contributed by atoms with Gasteiger partial charge in [-0.15, -0.1) is 0 Å². The largest absolute Gasteiger partial charge is 0.482 e. The molecular formula is C21H22N2O5. The van der Waals surface area contributed by atoms with Crippen LogP contribution in [0, 0.1) is 6.92 Å². The van der Waals surface area contributed by atoms with Gasteiger partial charge in [0, 0.05) is 30.9 Å². The summed E-state index contributed by atoms with van der Waals surface area (Å²) in [5.41, 5.74) is 7.65. The van der Waals surface area contributed by atoms with Crippen LogP contribution in [0.2, 0.25) is 0 Å². The van der Waals surface area contributed by atoms with Crippen molar-refractivity contribution in [3.63, 3.8) is 0 Å². The van der Waals surface area contributed by atoms with Crippen molar-refractivity contribution in [3.8, 4) is 5.75 Å². The molecule has 28 heavy (non-hydrogen) atoms. The molecule has 0 aliphatic carbocycles. The number of nitrogens with zero attached hydrogens (tertiary/aromatic N) is 1. The molecule has 0 spiro atoms. The molecule has 3 N–H and O–H groups in total. The zero-order chi connectivity index (χ0) is 20.7. The van der Waals surface area contributed by atoms with Crippen LogP contribution in [0.1, 0.15) is 27.2 Å². The predicted molar refractivity (Wildman–Crippen MR) is 104 cm³/mol. The Balaban J connectivity index is 2.71. The van der Waals surface area contributed by atoms with E-state index in [1.54, 1.807) is 19.2 Å². The predicted octanol–water partition coefficient (Wildman–Crippen LogP) is 2.18. The summed E-state index contributed by atoms with van der Waals surface area (Å²) in [5.74, 6) is -2.99. The monoisotopic (exact) mass is 382 g/mol. The van der Waals surface area contributed by atoms with Gasteiger partial charge in [0.25, 0.3) is 5.91 Å². The summed E-state index contributed by atoms with van der Waals surface area (Å²) in [6.07, 6.45) is 2.28. The van der Waals surface area contributed by atoms with Crippen molar-refractivity contribution in [1.29, 1.82) is 0 Å². The number of rotatable bonds is 7. The first-order chi connectivity index (χ1) is 13.3. The molecule has 0 saturated carbocycles. The topological polar surface area (TPSA) is 112 Å². The molecule has 0 fully saturated rings. The quantitative estimate of drug-likeness (QED) is 0.563. The first-order valence-corrected chi connectivity index (χ1v) is 8.55. The van der Waals surface area contributed by atoms with Crippen LogP contribution in [0.25, 0.3) is 0 Å². The SMILES string of the molecule is Cc1c(C(=O)C(N)=O)cc(OCC(=O)O)cccn(C)c1Cc1ccccc1. The Morgan fingerprint density at radius 1 is 1.11 bits per heavy atom. The van der Waals surface area contributed by atoms with E-state index in [2.05, 4.69) is 0 Å². The van der Waals surface area contributed by atoms with Crippen molar-refractivity contribution in [1.82, 2.24) is 4.57 Å². The Hall–Kier alpha value is -3.61. The van der Waals surface area contributed by atoms with Gasteiger partial charge < -0.3 is 20.1 Å². The number of ether oxygens (including phenoxy) is 1. The molecule has 0 saturated heterocycles. The van der Waals surface area contributed by atoms with Crippen molar-refractivity contribution < 1.29 is 24.2 Å². The molecule has 1 aromatic carbocycles. The number of carboxylic acid groups (broad SMARTS) is 1. The van der Waals surface area contributed by atoms with Crippen molar-refractivity contribution in [2.45, 2.75) is 13.3 Å². The molecule has 0 bridgehead atoms. The number of carboxylic acids is 1. The maximum absolute atomic E-state index is 12.5. The van der Waals surface area contributed by atoms with E-state index in [4.69, 9.17) is 15.6 Å². The van der Waals surface area contributed by atoms with Gasteiger partial charge in [-0.25, -0.2) is 4.79 Å². The fourth-order valence-corrected chi connectivity index (χ4v) is 2.73. The molecular weight excluding hydrogens is 360 g/mol. The standard InChI is InChI=1S/C21H22N2O5/c1-14-17(20(26)21(22)27)12-16(28-13-19(24)25)9-6-10-23(2)18(14)11-15-7-4-3-5-8-15/h3-10,12H,11,13H2,1-2H3,(H2,22,27)(H,24,25). The fourth-order valence-electron chi connectivity index (χ4n) is 2.73. The second kappa shape index (κ2) is 9.36. The van der Waals surface area contributed by atoms with Crippen molar-refractivity contribution >= 4 is 17.7 Å². The van der Waals surface area contributed by atoms with E-state index in [1.165, 1.54) is 12.1 Å². The van der Waals surface area contributed by atoms with Gasteiger partial charge in [-0.3, -0.25) is 9.59 Å². The molecule has 2 aromatic rings. The molecule has 1 amide bonds. The third-order valence-electron chi connectivity index (χ3n) is 4.16. The van der Waals surface area contributed by atoms with Crippen molar-refractivity contribution in [2.24, 2.45) is 12.8 Å². The molecule has 2 rings (SSSR count). The first kappa shape index (κ1) is 20.7. The number of carbonyl (C=O) groups excluding carboxylic acids is 2. The molecule has 7 heteroatoms. The lowest BCUT2D eigenvalue weighted by Gasteiger charge is -2.12. The average Bonchev–Trinajstić information content (AvgIpc) is 2.71. The van der Waals surface area contributed by atoms with Gasteiger partial charge >= 0.3 is 5.97 Å². The van der Waals surface area contributed by atoms with Crippen LogP contribution in [0.15, 0.2) is 54.7 Å². The van der Waals surface area contributed by atoms with E-state index in [9.17, 15) is 14.4 Å². The summed E-state index contributed by atoms with van der Waals surface area (Å²) in [6.45, 7) is 1.14. The molecule has 146 valence electrons. The molecule has 0 aliphatic heterocycles. The van der Waals surface area contributed by atoms with E-state index in [0.717, 1.165) is 11.3 Å². The van der Waals surface area contributed by atoms with E-state index >= 15 is 0 Å². The molecule has 1 aromatic heterocycles. The van der Waals surface area contributed by atoms with Crippen LogP contribution < -0.4 is 10.5 Å². The van der Waals surface area contributed by atoms with E-state index in [0.29, 0.717) is 12.0 Å². The van der Waals surface area contributed by atoms with Crippen molar-refractivity contribution in [3.05, 3.63) is 77.1 Å². The molecule has 7 nitrogen and oxygen atoms in total. The van der Waals surface area contributed by atoms with E-state index in [1.807, 2.05) is 41.9 Å². The number of carbonyl (C=O) groups is 3. The maximum atomic E-state index is 12.5. The van der Waals surface area contributed by atoms with E-state index < -0.39 is 24.3 Å². The number of nitrogens with two attached hydrogens (primary N) is 1. The highest BCUT2D eigenvalue weighted by Gasteiger charge is 2.18. The smallest absolute Gasteiger partial charge is 0.341 e. The zero-order valence-corrected chi connectivity index (χ0v) is 15.7.